The lowest BCUT2D eigenvalue weighted by Crippen LogP contribution is -2.16. The van der Waals surface area contributed by atoms with Crippen molar-refractivity contribution in [2.24, 2.45) is 0 Å². The maximum Gasteiger partial charge on any atom is 0.131 e. The Kier molecular flexibility index (Phi) is 4.13. The SMILES string of the molecule is Brc1ccoc1CNCCc1ccncc1. The number of nitrogens with one attached hydrogen (secondary N) is 1. The van der Waals surface area contributed by atoms with E-state index >= 15 is 0 Å². The summed E-state index contributed by atoms with van der Waals surface area (Å²) < 4.78 is 6.31. The highest BCUT2D eigenvalue weighted by Crippen LogP contribution is 2.16. The van der Waals surface area contributed by atoms with Gasteiger partial charge in [0.1, 0.15) is 5.76 Å². The van der Waals surface area contributed by atoms with Crippen LogP contribution in [0, 0.1) is 0 Å². The molecule has 0 unspecified atom stereocenters. The minimum absolute atomic E-state index is 0.749. The molecule has 0 aliphatic carbocycles. The molecule has 4 heteroatoms. The van der Waals surface area contributed by atoms with Crippen LogP contribution in [0.1, 0.15) is 11.3 Å². The molecule has 1 N–H and O–H groups in total. The molecular weight excluding hydrogens is 268 g/mol. The van der Waals surface area contributed by atoms with Crippen molar-refractivity contribution in [2.75, 3.05) is 6.54 Å². The van der Waals surface area contributed by atoms with Crippen LogP contribution in [0.2, 0.25) is 0 Å². The third-order valence-electron chi connectivity index (χ3n) is 2.32. The van der Waals surface area contributed by atoms with Crippen LogP contribution in [0.25, 0.3) is 0 Å². The van der Waals surface area contributed by atoms with Crippen LogP contribution in [-0.4, -0.2) is 11.5 Å². The molecule has 0 saturated carbocycles. The smallest absolute Gasteiger partial charge is 0.131 e. The first kappa shape index (κ1) is 11.4. The molecule has 0 bridgehead atoms. The highest BCUT2D eigenvalue weighted by Gasteiger charge is 2.01. The van der Waals surface area contributed by atoms with Gasteiger partial charge in [0.15, 0.2) is 0 Å². The van der Waals surface area contributed by atoms with E-state index in [0.717, 1.165) is 29.7 Å². The Morgan fingerprint density at radius 3 is 2.75 bits per heavy atom. The molecule has 2 rings (SSSR count). The predicted molar refractivity (Wildman–Crippen MR) is 66.1 cm³/mol. The minimum Gasteiger partial charge on any atom is -0.467 e. The van der Waals surface area contributed by atoms with Crippen molar-refractivity contribution in [1.82, 2.24) is 10.3 Å². The number of aromatic nitrogens is 1. The van der Waals surface area contributed by atoms with Gasteiger partial charge < -0.3 is 9.73 Å². The molecule has 0 amide bonds. The molecule has 0 aliphatic rings. The second-order valence-corrected chi connectivity index (χ2v) is 4.33. The van der Waals surface area contributed by atoms with Crippen LogP contribution in [0.15, 0.2) is 45.7 Å². The molecule has 2 aromatic rings. The first-order chi connectivity index (χ1) is 7.86. The summed E-state index contributed by atoms with van der Waals surface area (Å²) >= 11 is 3.42. The molecule has 0 aromatic carbocycles. The molecule has 84 valence electrons. The lowest BCUT2D eigenvalue weighted by molar-refractivity contribution is 0.482. The molecule has 2 aromatic heterocycles. The number of hydrogen-bond donors (Lipinski definition) is 1. The topological polar surface area (TPSA) is 38.1 Å². The summed E-state index contributed by atoms with van der Waals surface area (Å²) in [4.78, 5) is 3.98. The predicted octanol–water partition coefficient (Wildman–Crippen LogP) is 2.77. The van der Waals surface area contributed by atoms with E-state index in [1.54, 1.807) is 6.26 Å². The Morgan fingerprint density at radius 1 is 1.25 bits per heavy atom. The number of furan rings is 1. The van der Waals surface area contributed by atoms with Crippen LogP contribution in [-0.2, 0) is 13.0 Å². The standard InChI is InChI=1S/C12H13BrN2O/c13-11-4-8-16-12(11)9-15-7-3-10-1-5-14-6-2-10/h1-2,4-6,8,15H,3,7,9H2. The maximum absolute atomic E-state index is 5.30. The maximum atomic E-state index is 5.30. The van der Waals surface area contributed by atoms with Crippen LogP contribution in [0.3, 0.4) is 0 Å². The Balaban J connectivity index is 1.72. The van der Waals surface area contributed by atoms with Gasteiger partial charge in [-0.15, -0.1) is 0 Å². The second kappa shape index (κ2) is 5.82. The first-order valence-corrected chi connectivity index (χ1v) is 5.97. The molecule has 0 spiro atoms. The fourth-order valence-corrected chi connectivity index (χ4v) is 1.78. The van der Waals surface area contributed by atoms with E-state index in [1.165, 1.54) is 5.56 Å². The highest BCUT2D eigenvalue weighted by molar-refractivity contribution is 9.10. The van der Waals surface area contributed by atoms with E-state index in [0.29, 0.717) is 0 Å². The third-order valence-corrected chi connectivity index (χ3v) is 3.02. The van der Waals surface area contributed by atoms with Crippen molar-refractivity contribution in [3.63, 3.8) is 0 Å². The van der Waals surface area contributed by atoms with Crippen LogP contribution in [0.4, 0.5) is 0 Å². The summed E-state index contributed by atoms with van der Waals surface area (Å²) in [6.45, 7) is 1.68. The zero-order valence-corrected chi connectivity index (χ0v) is 10.4. The molecule has 2 heterocycles. The largest absolute Gasteiger partial charge is 0.467 e. The summed E-state index contributed by atoms with van der Waals surface area (Å²) in [6, 6.07) is 5.97. The van der Waals surface area contributed by atoms with Gasteiger partial charge in [-0.05, 0) is 52.7 Å². The molecule has 0 radical (unpaired) electrons. The monoisotopic (exact) mass is 280 g/mol. The van der Waals surface area contributed by atoms with Gasteiger partial charge in [-0.2, -0.15) is 0 Å². The lowest BCUT2D eigenvalue weighted by Gasteiger charge is -2.03. The van der Waals surface area contributed by atoms with Gasteiger partial charge in [-0.1, -0.05) is 0 Å². The van der Waals surface area contributed by atoms with Gasteiger partial charge in [0.25, 0.3) is 0 Å². The quantitative estimate of drug-likeness (QED) is 0.856. The van der Waals surface area contributed by atoms with Crippen molar-refractivity contribution in [1.29, 1.82) is 0 Å². The van der Waals surface area contributed by atoms with E-state index in [2.05, 4.69) is 26.2 Å². The Labute approximate surface area is 103 Å². The van der Waals surface area contributed by atoms with E-state index in [9.17, 15) is 0 Å². The molecular formula is C12H13BrN2O. The van der Waals surface area contributed by atoms with E-state index in [4.69, 9.17) is 4.42 Å². The van der Waals surface area contributed by atoms with Crippen molar-refractivity contribution < 1.29 is 4.42 Å². The number of rotatable bonds is 5. The van der Waals surface area contributed by atoms with Crippen molar-refractivity contribution >= 4 is 15.9 Å². The summed E-state index contributed by atoms with van der Waals surface area (Å²) in [5.74, 6) is 0.940. The zero-order valence-electron chi connectivity index (χ0n) is 8.82. The number of halogens is 1. The molecule has 0 aliphatic heterocycles. The third kappa shape index (κ3) is 3.18. The summed E-state index contributed by atoms with van der Waals surface area (Å²) in [7, 11) is 0. The molecule has 0 fully saturated rings. The molecule has 16 heavy (non-hydrogen) atoms. The summed E-state index contributed by atoms with van der Waals surface area (Å²) in [5.41, 5.74) is 1.29. The highest BCUT2D eigenvalue weighted by atomic mass is 79.9. The van der Waals surface area contributed by atoms with Crippen LogP contribution in [0.5, 0.6) is 0 Å². The number of nitrogens with zero attached hydrogens (tertiary/aromatic N) is 1. The molecule has 0 atom stereocenters. The van der Waals surface area contributed by atoms with Gasteiger partial charge in [0.2, 0.25) is 0 Å². The minimum atomic E-state index is 0.749. The Bertz CT molecular complexity index is 428. The van der Waals surface area contributed by atoms with E-state index in [1.807, 2.05) is 30.6 Å². The van der Waals surface area contributed by atoms with Gasteiger partial charge >= 0.3 is 0 Å². The van der Waals surface area contributed by atoms with E-state index < -0.39 is 0 Å². The van der Waals surface area contributed by atoms with Gasteiger partial charge in [-0.25, -0.2) is 0 Å². The average Bonchev–Trinajstić information content (AvgIpc) is 2.72. The van der Waals surface area contributed by atoms with E-state index in [-0.39, 0.29) is 0 Å². The fourth-order valence-electron chi connectivity index (χ4n) is 1.44. The van der Waals surface area contributed by atoms with Crippen LogP contribution < -0.4 is 5.32 Å². The van der Waals surface area contributed by atoms with Gasteiger partial charge in [0, 0.05) is 12.4 Å². The first-order valence-electron chi connectivity index (χ1n) is 5.18. The molecule has 0 saturated heterocycles. The second-order valence-electron chi connectivity index (χ2n) is 3.47. The number of pyridine rings is 1. The summed E-state index contributed by atoms with van der Waals surface area (Å²) in [5, 5.41) is 3.33. The van der Waals surface area contributed by atoms with Crippen molar-refractivity contribution in [2.45, 2.75) is 13.0 Å². The normalized spacial score (nSPS) is 10.6. The summed E-state index contributed by atoms with van der Waals surface area (Å²) in [6.07, 6.45) is 6.32. The Hall–Kier alpha value is -1.13. The van der Waals surface area contributed by atoms with Gasteiger partial charge in [-0.3, -0.25) is 4.98 Å². The molecule has 3 nitrogen and oxygen atoms in total. The zero-order chi connectivity index (χ0) is 11.2. The Morgan fingerprint density at radius 2 is 2.06 bits per heavy atom. The lowest BCUT2D eigenvalue weighted by atomic mass is 10.2. The average molecular weight is 281 g/mol. The van der Waals surface area contributed by atoms with Crippen molar-refractivity contribution in [3.05, 3.63) is 52.7 Å². The van der Waals surface area contributed by atoms with Gasteiger partial charge in [0.05, 0.1) is 17.3 Å². The van der Waals surface area contributed by atoms with Crippen LogP contribution >= 0.6 is 15.9 Å². The number of hydrogen-bond acceptors (Lipinski definition) is 3. The van der Waals surface area contributed by atoms with Crippen molar-refractivity contribution in [3.8, 4) is 0 Å². The fraction of sp³-hybridized carbons (Fsp3) is 0.250.